The highest BCUT2D eigenvalue weighted by Crippen LogP contribution is 2.36. The molecule has 116 valence electrons. The zero-order valence-electron chi connectivity index (χ0n) is 14.0. The van der Waals surface area contributed by atoms with E-state index in [0.29, 0.717) is 0 Å². The molecule has 0 aliphatic carbocycles. The van der Waals surface area contributed by atoms with Crippen LogP contribution < -0.4 is 11.0 Å². The third kappa shape index (κ3) is 2.95. The van der Waals surface area contributed by atoms with Gasteiger partial charge in [0, 0.05) is 18.3 Å². The molecule has 1 aliphatic heterocycles. The fourth-order valence-electron chi connectivity index (χ4n) is 2.61. The van der Waals surface area contributed by atoms with Gasteiger partial charge in [-0.05, 0) is 46.0 Å². The predicted octanol–water partition coefficient (Wildman–Crippen LogP) is 2.51. The average molecular weight is 291 g/mol. The smallest absolute Gasteiger partial charge is 0.399 e. The molecular formula is C16H26BNO3. The summed E-state index contributed by atoms with van der Waals surface area (Å²) in [6.07, 6.45) is 3.76. The zero-order valence-corrected chi connectivity index (χ0v) is 14.0. The van der Waals surface area contributed by atoms with Crippen LogP contribution in [-0.4, -0.2) is 22.9 Å². The second-order valence-electron chi connectivity index (χ2n) is 6.77. The van der Waals surface area contributed by atoms with Crippen molar-refractivity contribution in [3.05, 3.63) is 28.7 Å². The summed E-state index contributed by atoms with van der Waals surface area (Å²) >= 11 is 0. The Balaban J connectivity index is 2.35. The van der Waals surface area contributed by atoms with Crippen LogP contribution in [0.3, 0.4) is 0 Å². The molecule has 0 aromatic carbocycles. The van der Waals surface area contributed by atoms with Crippen LogP contribution in [0.25, 0.3) is 0 Å². The Hall–Kier alpha value is -1.07. The molecule has 0 atom stereocenters. The number of nitrogens with zero attached hydrogens (tertiary/aromatic N) is 1. The van der Waals surface area contributed by atoms with Gasteiger partial charge >= 0.3 is 7.12 Å². The van der Waals surface area contributed by atoms with E-state index in [-0.39, 0.29) is 22.8 Å². The van der Waals surface area contributed by atoms with Gasteiger partial charge in [0.05, 0.1) is 11.2 Å². The number of pyridine rings is 1. The Morgan fingerprint density at radius 2 is 1.62 bits per heavy atom. The second-order valence-corrected chi connectivity index (χ2v) is 6.77. The van der Waals surface area contributed by atoms with E-state index in [1.54, 1.807) is 10.6 Å². The number of rotatable bonds is 4. The van der Waals surface area contributed by atoms with Crippen LogP contribution in [0.4, 0.5) is 0 Å². The van der Waals surface area contributed by atoms with E-state index in [0.717, 1.165) is 18.3 Å². The third-order valence-corrected chi connectivity index (χ3v) is 4.82. The van der Waals surface area contributed by atoms with E-state index >= 15 is 0 Å². The van der Waals surface area contributed by atoms with Gasteiger partial charge in [0.15, 0.2) is 0 Å². The molecule has 0 radical (unpaired) electrons. The molecule has 1 aromatic rings. The summed E-state index contributed by atoms with van der Waals surface area (Å²) in [5, 5.41) is 0. The fraction of sp³-hybridized carbons (Fsp3) is 0.688. The minimum absolute atomic E-state index is 0.0315. The van der Waals surface area contributed by atoms with Crippen molar-refractivity contribution in [3.63, 3.8) is 0 Å². The molecule has 2 rings (SSSR count). The van der Waals surface area contributed by atoms with Crippen LogP contribution in [0.1, 0.15) is 60.4 Å². The maximum atomic E-state index is 12.1. The summed E-state index contributed by atoms with van der Waals surface area (Å²) in [5.74, 6) is 0. The minimum Gasteiger partial charge on any atom is -0.399 e. The highest BCUT2D eigenvalue weighted by molar-refractivity contribution is 6.62. The number of aromatic nitrogens is 1. The van der Waals surface area contributed by atoms with Crippen molar-refractivity contribution in [2.24, 2.45) is 0 Å². The third-order valence-electron chi connectivity index (χ3n) is 4.82. The summed E-state index contributed by atoms with van der Waals surface area (Å²) in [7, 11) is -0.420. The summed E-state index contributed by atoms with van der Waals surface area (Å²) in [6.45, 7) is 12.3. The van der Waals surface area contributed by atoms with Crippen molar-refractivity contribution < 1.29 is 9.31 Å². The molecule has 1 aromatic heterocycles. The molecule has 0 unspecified atom stereocenters. The van der Waals surface area contributed by atoms with E-state index < -0.39 is 7.12 Å². The molecule has 0 spiro atoms. The summed E-state index contributed by atoms with van der Waals surface area (Å²) in [5.41, 5.74) is 0.199. The summed E-state index contributed by atoms with van der Waals surface area (Å²) < 4.78 is 13.9. The van der Waals surface area contributed by atoms with Gasteiger partial charge in [0.1, 0.15) is 0 Å². The predicted molar refractivity (Wildman–Crippen MR) is 86.0 cm³/mol. The Morgan fingerprint density at radius 1 is 1.10 bits per heavy atom. The summed E-state index contributed by atoms with van der Waals surface area (Å²) in [4.78, 5) is 12.1. The molecule has 0 bridgehead atoms. The van der Waals surface area contributed by atoms with Crippen LogP contribution in [-0.2, 0) is 9.31 Å². The van der Waals surface area contributed by atoms with Crippen LogP contribution in [0.15, 0.2) is 23.1 Å². The standard InChI is InChI=1S/C16H26BNO3/c1-7-13(8-2)18-11-12(9-10-14(18)19)17-20-15(3,4)16(5,6)21-17/h9-11,13H,7-8H2,1-6H3. The lowest BCUT2D eigenvalue weighted by Gasteiger charge is -2.32. The van der Waals surface area contributed by atoms with E-state index in [1.165, 1.54) is 0 Å². The van der Waals surface area contributed by atoms with Crippen LogP contribution in [0.5, 0.6) is 0 Å². The Bertz CT molecular complexity index is 545. The van der Waals surface area contributed by atoms with E-state index in [1.807, 2.05) is 40.0 Å². The molecule has 1 fully saturated rings. The van der Waals surface area contributed by atoms with E-state index in [4.69, 9.17) is 9.31 Å². The molecule has 0 saturated carbocycles. The largest absolute Gasteiger partial charge is 0.496 e. The lowest BCUT2D eigenvalue weighted by molar-refractivity contribution is 0.00578. The lowest BCUT2D eigenvalue weighted by Crippen LogP contribution is -2.41. The average Bonchev–Trinajstić information content (AvgIpc) is 2.62. The van der Waals surface area contributed by atoms with Crippen LogP contribution in [0, 0.1) is 0 Å². The quantitative estimate of drug-likeness (QED) is 0.800. The second kappa shape index (κ2) is 5.62. The zero-order chi connectivity index (χ0) is 15.8. The number of hydrogen-bond acceptors (Lipinski definition) is 3. The monoisotopic (exact) mass is 291 g/mol. The minimum atomic E-state index is -0.420. The van der Waals surface area contributed by atoms with Crippen LogP contribution in [0.2, 0.25) is 0 Å². The van der Waals surface area contributed by atoms with Gasteiger partial charge in [0.25, 0.3) is 5.56 Å². The van der Waals surface area contributed by atoms with Gasteiger partial charge in [-0.2, -0.15) is 0 Å². The molecule has 21 heavy (non-hydrogen) atoms. The molecule has 5 heteroatoms. The van der Waals surface area contributed by atoms with Crippen molar-refractivity contribution in [2.75, 3.05) is 0 Å². The first-order valence-corrected chi connectivity index (χ1v) is 7.79. The topological polar surface area (TPSA) is 40.5 Å². The van der Waals surface area contributed by atoms with E-state index in [2.05, 4.69) is 13.8 Å². The van der Waals surface area contributed by atoms with Crippen molar-refractivity contribution in [3.8, 4) is 0 Å². The molecule has 0 N–H and O–H groups in total. The molecule has 0 amide bonds. The molecule has 1 aliphatic rings. The first-order chi connectivity index (χ1) is 9.71. The molecular weight excluding hydrogens is 265 g/mol. The normalized spacial score (nSPS) is 20.2. The Kier molecular flexibility index (Phi) is 4.36. The van der Waals surface area contributed by atoms with Crippen molar-refractivity contribution in [1.29, 1.82) is 0 Å². The summed E-state index contributed by atoms with van der Waals surface area (Å²) in [6, 6.07) is 3.64. The fourth-order valence-corrected chi connectivity index (χ4v) is 2.61. The van der Waals surface area contributed by atoms with Gasteiger partial charge in [-0.3, -0.25) is 4.79 Å². The Morgan fingerprint density at radius 3 is 2.10 bits per heavy atom. The highest BCUT2D eigenvalue weighted by atomic mass is 16.7. The van der Waals surface area contributed by atoms with Crippen LogP contribution >= 0.6 is 0 Å². The maximum Gasteiger partial charge on any atom is 0.496 e. The maximum absolute atomic E-state index is 12.1. The van der Waals surface area contributed by atoms with Gasteiger partial charge in [-0.1, -0.05) is 19.9 Å². The SMILES string of the molecule is CCC(CC)n1cc(B2OC(C)(C)C(C)(C)O2)ccc1=O. The van der Waals surface area contributed by atoms with Crippen molar-refractivity contribution >= 4 is 12.6 Å². The van der Waals surface area contributed by atoms with Gasteiger partial charge in [-0.15, -0.1) is 0 Å². The molecule has 1 saturated heterocycles. The molecule has 4 nitrogen and oxygen atoms in total. The molecule has 2 heterocycles. The van der Waals surface area contributed by atoms with Gasteiger partial charge in [0.2, 0.25) is 0 Å². The highest BCUT2D eigenvalue weighted by Gasteiger charge is 2.51. The lowest BCUT2D eigenvalue weighted by atomic mass is 9.80. The first-order valence-electron chi connectivity index (χ1n) is 7.79. The van der Waals surface area contributed by atoms with Gasteiger partial charge < -0.3 is 13.9 Å². The Labute approximate surface area is 127 Å². The first kappa shape index (κ1) is 16.3. The van der Waals surface area contributed by atoms with Crippen molar-refractivity contribution in [2.45, 2.75) is 71.6 Å². The van der Waals surface area contributed by atoms with E-state index in [9.17, 15) is 4.79 Å². The number of hydrogen-bond donors (Lipinski definition) is 0. The van der Waals surface area contributed by atoms with Gasteiger partial charge in [-0.25, -0.2) is 0 Å². The van der Waals surface area contributed by atoms with Crippen molar-refractivity contribution in [1.82, 2.24) is 4.57 Å².